The lowest BCUT2D eigenvalue weighted by molar-refractivity contribution is -0.128. The molecule has 1 fully saturated rings. The van der Waals surface area contributed by atoms with Crippen LogP contribution in [-0.2, 0) is 14.9 Å². The van der Waals surface area contributed by atoms with E-state index in [0.717, 1.165) is 27.5 Å². The first-order chi connectivity index (χ1) is 10.4. The number of nitrogens with one attached hydrogen (secondary N) is 2. The zero-order chi connectivity index (χ0) is 15.7. The molecule has 0 saturated carbocycles. The monoisotopic (exact) mass is 355 g/mol. The van der Waals surface area contributed by atoms with Crippen LogP contribution in [0.5, 0.6) is 0 Å². The van der Waals surface area contributed by atoms with Gasteiger partial charge in [0.2, 0.25) is 0 Å². The van der Waals surface area contributed by atoms with E-state index in [1.54, 1.807) is 11.3 Å². The number of rotatable bonds is 2. The number of hydrogen-bond acceptors (Lipinski definition) is 5. The maximum atomic E-state index is 12.2. The molecule has 7 heteroatoms. The molecule has 1 aromatic heterocycles. The largest absolute Gasteiger partial charge is 0.366 e. The number of amides is 1. The molecule has 1 amide bonds. The maximum Gasteiger partial charge on any atom is 0.254 e. The Morgan fingerprint density at radius 2 is 2.22 bits per heavy atom. The molecule has 0 bridgehead atoms. The minimum absolute atomic E-state index is 0. The summed E-state index contributed by atoms with van der Waals surface area (Å²) in [5.74, 6) is -0.105. The van der Waals surface area contributed by atoms with Crippen LogP contribution < -0.4 is 10.6 Å². The van der Waals surface area contributed by atoms with Crippen LogP contribution in [0.2, 0.25) is 0 Å². The molecular formula is C16H22ClN3O2S. The second-order valence-electron chi connectivity index (χ2n) is 6.50. The Hall–Kier alpha value is -1.21. The Kier molecular flexibility index (Phi) is 5.62. The molecule has 1 saturated heterocycles. The van der Waals surface area contributed by atoms with Gasteiger partial charge in [-0.15, -0.1) is 23.7 Å². The molecule has 2 aromatic rings. The number of carbonyl (C=O) groups excluding carboxylic acids is 1. The minimum atomic E-state index is -0.420. The standard InChI is InChI=1S/C16H21N3O2S.ClH/c1-16(2,3)15-19-11-5-4-10(8-13(11)22-15)18-14(20)12-9-17-6-7-21-12;/h4-5,8,12,17H,6-7,9H2,1-3H3,(H,18,20);1H. The number of hydrogen-bond donors (Lipinski definition) is 2. The Bertz CT molecular complexity index is 690. The number of aromatic nitrogens is 1. The van der Waals surface area contributed by atoms with Gasteiger partial charge in [0.25, 0.3) is 5.91 Å². The number of nitrogens with zero attached hydrogens (tertiary/aromatic N) is 1. The molecular weight excluding hydrogens is 334 g/mol. The number of anilines is 1. The van der Waals surface area contributed by atoms with Gasteiger partial charge < -0.3 is 15.4 Å². The highest BCUT2D eigenvalue weighted by Gasteiger charge is 2.22. The van der Waals surface area contributed by atoms with Gasteiger partial charge in [-0.1, -0.05) is 20.8 Å². The molecule has 0 aliphatic carbocycles. The summed E-state index contributed by atoms with van der Waals surface area (Å²) in [6.07, 6.45) is -0.420. The van der Waals surface area contributed by atoms with Crippen molar-refractivity contribution in [1.29, 1.82) is 0 Å². The summed E-state index contributed by atoms with van der Waals surface area (Å²) >= 11 is 1.68. The van der Waals surface area contributed by atoms with Gasteiger partial charge in [0, 0.05) is 24.2 Å². The van der Waals surface area contributed by atoms with Crippen molar-refractivity contribution in [2.24, 2.45) is 0 Å². The molecule has 2 heterocycles. The van der Waals surface area contributed by atoms with Gasteiger partial charge >= 0.3 is 0 Å². The van der Waals surface area contributed by atoms with Crippen molar-refractivity contribution >= 4 is 45.6 Å². The number of halogens is 1. The second kappa shape index (κ2) is 7.13. The van der Waals surface area contributed by atoms with Gasteiger partial charge in [-0.2, -0.15) is 0 Å². The summed E-state index contributed by atoms with van der Waals surface area (Å²) in [6.45, 7) is 8.39. The molecule has 3 rings (SSSR count). The first-order valence-corrected chi connectivity index (χ1v) is 8.29. The fourth-order valence-electron chi connectivity index (χ4n) is 2.28. The van der Waals surface area contributed by atoms with E-state index in [1.165, 1.54) is 0 Å². The van der Waals surface area contributed by atoms with Crippen LogP contribution in [0.25, 0.3) is 10.2 Å². The lowest BCUT2D eigenvalue weighted by atomic mass is 9.98. The lowest BCUT2D eigenvalue weighted by Gasteiger charge is -2.22. The van der Waals surface area contributed by atoms with E-state index in [9.17, 15) is 4.79 Å². The van der Waals surface area contributed by atoms with Gasteiger partial charge in [-0.3, -0.25) is 4.79 Å². The zero-order valence-corrected chi connectivity index (χ0v) is 15.1. The van der Waals surface area contributed by atoms with Crippen molar-refractivity contribution in [3.8, 4) is 0 Å². The average molecular weight is 356 g/mol. The first-order valence-electron chi connectivity index (χ1n) is 7.48. The summed E-state index contributed by atoms with van der Waals surface area (Å²) in [7, 11) is 0. The molecule has 126 valence electrons. The van der Waals surface area contributed by atoms with Crippen molar-refractivity contribution in [1.82, 2.24) is 10.3 Å². The predicted octanol–water partition coefficient (Wildman–Crippen LogP) is 2.94. The maximum absolute atomic E-state index is 12.2. The molecule has 0 radical (unpaired) electrons. The average Bonchev–Trinajstić information content (AvgIpc) is 2.91. The second-order valence-corrected chi connectivity index (χ2v) is 7.53. The number of ether oxygens (including phenoxy) is 1. The fourth-order valence-corrected chi connectivity index (χ4v) is 3.34. The SMILES string of the molecule is CC(C)(C)c1nc2ccc(NC(=O)C3CNCCO3)cc2s1.Cl. The quantitative estimate of drug-likeness (QED) is 0.869. The normalized spacial score (nSPS) is 18.5. The van der Waals surface area contributed by atoms with E-state index in [2.05, 4.69) is 36.4 Å². The Balaban J connectivity index is 0.00000192. The topological polar surface area (TPSA) is 63.2 Å². The van der Waals surface area contributed by atoms with Crippen LogP contribution in [-0.4, -0.2) is 36.7 Å². The Morgan fingerprint density at radius 3 is 2.87 bits per heavy atom. The minimum Gasteiger partial charge on any atom is -0.366 e. The first kappa shape index (κ1) is 18.1. The molecule has 1 aliphatic rings. The van der Waals surface area contributed by atoms with E-state index in [-0.39, 0.29) is 23.7 Å². The highest BCUT2D eigenvalue weighted by Crippen LogP contribution is 2.32. The molecule has 1 aromatic carbocycles. The van der Waals surface area contributed by atoms with Crippen molar-refractivity contribution < 1.29 is 9.53 Å². The Labute approximate surface area is 146 Å². The number of carbonyl (C=O) groups is 1. The predicted molar refractivity (Wildman–Crippen MR) is 96.8 cm³/mol. The highest BCUT2D eigenvalue weighted by atomic mass is 35.5. The number of benzene rings is 1. The van der Waals surface area contributed by atoms with Crippen LogP contribution in [0, 0.1) is 0 Å². The third-order valence-corrected chi connectivity index (χ3v) is 4.96. The van der Waals surface area contributed by atoms with E-state index in [1.807, 2.05) is 18.2 Å². The molecule has 1 aliphatic heterocycles. The zero-order valence-electron chi connectivity index (χ0n) is 13.5. The molecule has 23 heavy (non-hydrogen) atoms. The number of morpholine rings is 1. The third-order valence-electron chi connectivity index (χ3n) is 3.52. The summed E-state index contributed by atoms with van der Waals surface area (Å²) in [6, 6.07) is 5.83. The summed E-state index contributed by atoms with van der Waals surface area (Å²) in [5.41, 5.74) is 1.80. The lowest BCUT2D eigenvalue weighted by Crippen LogP contribution is -2.45. The molecule has 0 spiro atoms. The molecule has 1 atom stereocenters. The van der Waals surface area contributed by atoms with Crippen molar-refractivity contribution in [2.75, 3.05) is 25.0 Å². The number of thiazole rings is 1. The van der Waals surface area contributed by atoms with Crippen molar-refractivity contribution in [2.45, 2.75) is 32.3 Å². The highest BCUT2D eigenvalue weighted by molar-refractivity contribution is 7.18. The summed E-state index contributed by atoms with van der Waals surface area (Å²) < 4.78 is 6.55. The van der Waals surface area contributed by atoms with Crippen LogP contribution in [0.1, 0.15) is 25.8 Å². The summed E-state index contributed by atoms with van der Waals surface area (Å²) in [4.78, 5) is 16.8. The van der Waals surface area contributed by atoms with Crippen LogP contribution in [0.3, 0.4) is 0 Å². The van der Waals surface area contributed by atoms with Crippen LogP contribution in [0.4, 0.5) is 5.69 Å². The van der Waals surface area contributed by atoms with E-state index in [4.69, 9.17) is 4.74 Å². The molecule has 1 unspecified atom stereocenters. The van der Waals surface area contributed by atoms with Gasteiger partial charge in [0.05, 0.1) is 21.8 Å². The van der Waals surface area contributed by atoms with Crippen LogP contribution >= 0.6 is 23.7 Å². The smallest absolute Gasteiger partial charge is 0.254 e. The van der Waals surface area contributed by atoms with Crippen LogP contribution in [0.15, 0.2) is 18.2 Å². The Morgan fingerprint density at radius 1 is 1.43 bits per heavy atom. The fraction of sp³-hybridized carbons (Fsp3) is 0.500. The van der Waals surface area contributed by atoms with E-state index < -0.39 is 6.10 Å². The number of fused-ring (bicyclic) bond motifs is 1. The van der Waals surface area contributed by atoms with Crippen molar-refractivity contribution in [3.05, 3.63) is 23.2 Å². The van der Waals surface area contributed by atoms with Gasteiger partial charge in [-0.05, 0) is 18.2 Å². The van der Waals surface area contributed by atoms with E-state index in [0.29, 0.717) is 13.2 Å². The third kappa shape index (κ3) is 4.20. The van der Waals surface area contributed by atoms with Crippen molar-refractivity contribution in [3.63, 3.8) is 0 Å². The molecule has 2 N–H and O–H groups in total. The van der Waals surface area contributed by atoms with Gasteiger partial charge in [0.15, 0.2) is 0 Å². The van der Waals surface area contributed by atoms with E-state index >= 15 is 0 Å². The summed E-state index contributed by atoms with van der Waals surface area (Å²) in [5, 5.41) is 7.19. The van der Waals surface area contributed by atoms with Gasteiger partial charge in [0.1, 0.15) is 6.10 Å². The molecule has 5 nitrogen and oxygen atoms in total. The van der Waals surface area contributed by atoms with Gasteiger partial charge in [-0.25, -0.2) is 4.98 Å².